The van der Waals surface area contributed by atoms with E-state index in [4.69, 9.17) is 4.74 Å². The van der Waals surface area contributed by atoms with Gasteiger partial charge in [0.05, 0.1) is 12.8 Å². The number of hydrogen-bond donors (Lipinski definition) is 0. The van der Waals surface area contributed by atoms with Crippen LogP contribution in [0.2, 0.25) is 0 Å². The van der Waals surface area contributed by atoms with Crippen LogP contribution in [0.15, 0.2) is 60.5 Å². The summed E-state index contributed by atoms with van der Waals surface area (Å²) in [4.78, 5) is 2.47. The van der Waals surface area contributed by atoms with Crippen molar-refractivity contribution in [3.8, 4) is 5.75 Å². The fraction of sp³-hybridized carbons (Fsp3) is 0.400. The molecule has 0 bridgehead atoms. The molecule has 0 aliphatic carbocycles. The molecule has 2 heteroatoms. The van der Waals surface area contributed by atoms with Gasteiger partial charge in [0, 0.05) is 19.0 Å². The zero-order valence-corrected chi connectivity index (χ0v) is 16.2. The molecule has 0 aromatic heterocycles. The van der Waals surface area contributed by atoms with Crippen LogP contribution in [-0.4, -0.2) is 25.1 Å². The standard InChI is InChI=1S/C24H29NO.CH4/c1-5-24-21(17-23-18(2)7-6-8-19(23)3)14-16-25(24)15-13-20-9-11-22(26-4)12-10-20;/h6-12,21H,1,13-17H2,2-4H3;1H4. The zero-order valence-electron chi connectivity index (χ0n) is 16.2. The first kappa shape index (κ1) is 20.9. The normalized spacial score (nSPS) is 16.0. The second-order valence-electron chi connectivity index (χ2n) is 7.21. The second kappa shape index (κ2) is 9.48. The number of methoxy groups -OCH3 is 1. The first-order valence-corrected chi connectivity index (χ1v) is 9.45. The van der Waals surface area contributed by atoms with Gasteiger partial charge in [-0.3, -0.25) is 0 Å². The maximum atomic E-state index is 5.24. The smallest absolute Gasteiger partial charge is 0.118 e. The van der Waals surface area contributed by atoms with Crippen LogP contribution in [0.4, 0.5) is 0 Å². The van der Waals surface area contributed by atoms with Crippen molar-refractivity contribution in [2.24, 2.45) is 5.92 Å². The van der Waals surface area contributed by atoms with Gasteiger partial charge in [-0.1, -0.05) is 44.3 Å². The van der Waals surface area contributed by atoms with Crippen molar-refractivity contribution >= 4 is 0 Å². The average molecular weight is 364 g/mol. The molecule has 1 aliphatic heterocycles. The molecule has 0 radical (unpaired) electrons. The summed E-state index contributed by atoms with van der Waals surface area (Å²) < 4.78 is 5.24. The summed E-state index contributed by atoms with van der Waals surface area (Å²) in [5.41, 5.74) is 10.2. The van der Waals surface area contributed by atoms with Gasteiger partial charge >= 0.3 is 0 Å². The Balaban J connectivity index is 0.00000261. The van der Waals surface area contributed by atoms with Gasteiger partial charge in [-0.15, -0.1) is 5.73 Å². The van der Waals surface area contributed by atoms with E-state index >= 15 is 0 Å². The lowest BCUT2D eigenvalue weighted by Gasteiger charge is -2.21. The van der Waals surface area contributed by atoms with Crippen LogP contribution in [0, 0.1) is 19.8 Å². The number of rotatable bonds is 6. The molecule has 1 aliphatic rings. The molecule has 2 aromatic carbocycles. The predicted molar refractivity (Wildman–Crippen MR) is 115 cm³/mol. The minimum Gasteiger partial charge on any atom is -0.497 e. The van der Waals surface area contributed by atoms with Gasteiger partial charge in [0.15, 0.2) is 0 Å². The third kappa shape index (κ3) is 4.84. The molecular weight excluding hydrogens is 330 g/mol. The second-order valence-corrected chi connectivity index (χ2v) is 7.21. The van der Waals surface area contributed by atoms with Crippen molar-refractivity contribution in [3.63, 3.8) is 0 Å². The Kier molecular flexibility index (Phi) is 7.33. The van der Waals surface area contributed by atoms with Gasteiger partial charge in [0.1, 0.15) is 5.75 Å². The van der Waals surface area contributed by atoms with E-state index in [9.17, 15) is 0 Å². The molecule has 0 spiro atoms. The molecule has 1 heterocycles. The monoisotopic (exact) mass is 363 g/mol. The first-order chi connectivity index (χ1) is 12.6. The Bertz CT molecular complexity index is 779. The molecule has 2 nitrogen and oxygen atoms in total. The number of benzene rings is 2. The zero-order chi connectivity index (χ0) is 18.5. The summed E-state index contributed by atoms with van der Waals surface area (Å²) in [6.07, 6.45) is 3.31. The molecule has 0 saturated carbocycles. The first-order valence-electron chi connectivity index (χ1n) is 9.45. The minimum absolute atomic E-state index is 0. The van der Waals surface area contributed by atoms with Crippen molar-refractivity contribution in [1.82, 2.24) is 4.90 Å². The average Bonchev–Trinajstić information content (AvgIpc) is 3.05. The Hall–Kier alpha value is -2.44. The highest BCUT2D eigenvalue weighted by molar-refractivity contribution is 5.35. The quantitative estimate of drug-likeness (QED) is 0.608. The molecule has 1 fully saturated rings. The van der Waals surface area contributed by atoms with E-state index in [0.717, 1.165) is 31.7 Å². The maximum absolute atomic E-state index is 5.24. The fourth-order valence-electron chi connectivity index (χ4n) is 3.99. The minimum atomic E-state index is 0. The third-order valence-electron chi connectivity index (χ3n) is 5.58. The SMILES string of the molecule is C.C=C=C1C(Cc2c(C)cccc2C)CCN1CCc1ccc(OC)cc1. The summed E-state index contributed by atoms with van der Waals surface area (Å²) in [5.74, 6) is 1.44. The largest absolute Gasteiger partial charge is 0.497 e. The van der Waals surface area contributed by atoms with Gasteiger partial charge in [-0.05, 0) is 67.5 Å². The van der Waals surface area contributed by atoms with E-state index in [1.165, 1.54) is 34.4 Å². The maximum Gasteiger partial charge on any atom is 0.118 e. The number of likely N-dealkylation sites (tertiary alicyclic amines) is 1. The van der Waals surface area contributed by atoms with Gasteiger partial charge < -0.3 is 9.64 Å². The highest BCUT2D eigenvalue weighted by Gasteiger charge is 2.28. The van der Waals surface area contributed by atoms with Crippen molar-refractivity contribution in [2.45, 2.75) is 40.5 Å². The number of nitrogens with zero attached hydrogens (tertiary/aromatic N) is 1. The molecule has 27 heavy (non-hydrogen) atoms. The van der Waals surface area contributed by atoms with E-state index in [1.807, 2.05) is 12.1 Å². The van der Waals surface area contributed by atoms with Crippen LogP contribution in [0.3, 0.4) is 0 Å². The predicted octanol–water partition coefficient (Wildman–Crippen LogP) is 5.72. The van der Waals surface area contributed by atoms with Gasteiger partial charge in [0.25, 0.3) is 0 Å². The highest BCUT2D eigenvalue weighted by atomic mass is 16.5. The van der Waals surface area contributed by atoms with Crippen molar-refractivity contribution < 1.29 is 4.74 Å². The summed E-state index contributed by atoms with van der Waals surface area (Å²) in [7, 11) is 1.71. The van der Waals surface area contributed by atoms with Crippen molar-refractivity contribution in [3.05, 3.63) is 82.7 Å². The number of allylic oxidation sites excluding steroid dienone is 1. The molecule has 0 amide bonds. The molecular formula is C25H33NO. The van der Waals surface area contributed by atoms with Crippen molar-refractivity contribution in [2.75, 3.05) is 20.2 Å². The third-order valence-corrected chi connectivity index (χ3v) is 5.58. The Morgan fingerprint density at radius 3 is 2.37 bits per heavy atom. The summed E-state index contributed by atoms with van der Waals surface area (Å²) in [6.45, 7) is 10.5. The Morgan fingerprint density at radius 2 is 1.78 bits per heavy atom. The van der Waals surface area contributed by atoms with Crippen LogP contribution in [0.1, 0.15) is 36.1 Å². The van der Waals surface area contributed by atoms with Crippen LogP contribution in [0.25, 0.3) is 0 Å². The van der Waals surface area contributed by atoms with Gasteiger partial charge in [0.2, 0.25) is 0 Å². The van der Waals surface area contributed by atoms with E-state index in [1.54, 1.807) is 7.11 Å². The van der Waals surface area contributed by atoms with E-state index in [0.29, 0.717) is 5.92 Å². The van der Waals surface area contributed by atoms with Crippen LogP contribution in [0.5, 0.6) is 5.75 Å². The number of aryl methyl sites for hydroxylation is 2. The molecule has 1 saturated heterocycles. The Labute approximate surface area is 165 Å². The number of hydrogen-bond acceptors (Lipinski definition) is 2. The summed E-state index contributed by atoms with van der Waals surface area (Å²) in [6, 6.07) is 15.0. The van der Waals surface area contributed by atoms with Gasteiger partial charge in [-0.2, -0.15) is 0 Å². The molecule has 3 rings (SSSR count). The molecule has 1 atom stereocenters. The van der Waals surface area contributed by atoms with Gasteiger partial charge in [-0.25, -0.2) is 0 Å². The van der Waals surface area contributed by atoms with Crippen LogP contribution in [-0.2, 0) is 12.8 Å². The molecule has 2 aromatic rings. The topological polar surface area (TPSA) is 12.5 Å². The fourth-order valence-corrected chi connectivity index (χ4v) is 3.99. The lowest BCUT2D eigenvalue weighted by atomic mass is 9.91. The van der Waals surface area contributed by atoms with Crippen molar-refractivity contribution in [1.29, 1.82) is 0 Å². The lowest BCUT2D eigenvalue weighted by Crippen LogP contribution is -2.22. The highest BCUT2D eigenvalue weighted by Crippen LogP contribution is 2.32. The van der Waals surface area contributed by atoms with Crippen LogP contribution < -0.4 is 4.74 Å². The Morgan fingerprint density at radius 1 is 1.11 bits per heavy atom. The molecule has 1 unspecified atom stereocenters. The lowest BCUT2D eigenvalue weighted by molar-refractivity contribution is 0.393. The summed E-state index contributed by atoms with van der Waals surface area (Å²) in [5, 5.41) is 0. The molecule has 0 N–H and O–H groups in total. The van der Waals surface area contributed by atoms with E-state index in [2.05, 4.69) is 61.4 Å². The van der Waals surface area contributed by atoms with Crippen LogP contribution >= 0.6 is 0 Å². The van der Waals surface area contributed by atoms with E-state index in [-0.39, 0.29) is 7.43 Å². The van der Waals surface area contributed by atoms with E-state index < -0.39 is 0 Å². The number of ether oxygens (including phenoxy) is 1. The summed E-state index contributed by atoms with van der Waals surface area (Å²) >= 11 is 0. The molecule has 144 valence electrons.